The van der Waals surface area contributed by atoms with E-state index in [1.54, 1.807) is 12.1 Å². The molecule has 32 heavy (non-hydrogen) atoms. The summed E-state index contributed by atoms with van der Waals surface area (Å²) in [5.74, 6) is 1.02. The van der Waals surface area contributed by atoms with Crippen LogP contribution in [-0.4, -0.2) is 42.5 Å². The van der Waals surface area contributed by atoms with Crippen LogP contribution in [0.1, 0.15) is 57.1 Å². The monoisotopic (exact) mass is 439 g/mol. The van der Waals surface area contributed by atoms with E-state index < -0.39 is 0 Å². The van der Waals surface area contributed by atoms with Crippen LogP contribution in [0, 0.1) is 17.2 Å². The number of carbonyl (C=O) groups is 2. The van der Waals surface area contributed by atoms with Crippen LogP contribution < -0.4 is 15.5 Å². The summed E-state index contributed by atoms with van der Waals surface area (Å²) < 4.78 is 11.1. The van der Waals surface area contributed by atoms with Gasteiger partial charge >= 0.3 is 0 Å². The van der Waals surface area contributed by atoms with Crippen molar-refractivity contribution in [2.24, 2.45) is 5.92 Å². The van der Waals surface area contributed by atoms with Crippen LogP contribution in [0.4, 0.5) is 5.88 Å². The second kappa shape index (κ2) is 10.4. The van der Waals surface area contributed by atoms with E-state index in [-0.39, 0.29) is 29.3 Å². The predicted molar refractivity (Wildman–Crippen MR) is 116 cm³/mol. The van der Waals surface area contributed by atoms with Crippen molar-refractivity contribution in [2.75, 3.05) is 24.5 Å². The molecule has 4 rings (SSSR count). The third kappa shape index (κ3) is 5.31. The fourth-order valence-corrected chi connectivity index (χ4v) is 4.44. The molecule has 9 heteroatoms. The number of amides is 2. The standard InChI is InChI=1S/C23H29N5O4/c24-15-18-23(32-22(27-18)19-7-4-14-31-19)28-12-9-16(10-13-28)21(30)25-11-8-20(29)26-17-5-2-1-3-6-17/h4,7,14,16-17H,1-3,5-6,8-13H2,(H,25,30)(H,26,29). The largest absolute Gasteiger partial charge is 0.459 e. The first-order chi connectivity index (χ1) is 15.6. The van der Waals surface area contributed by atoms with Crippen molar-refractivity contribution in [3.8, 4) is 17.7 Å². The van der Waals surface area contributed by atoms with Crippen molar-refractivity contribution < 1.29 is 18.4 Å². The molecule has 2 N–H and O–H groups in total. The Hall–Kier alpha value is -3.28. The van der Waals surface area contributed by atoms with Crippen molar-refractivity contribution in [1.29, 1.82) is 5.26 Å². The molecule has 170 valence electrons. The number of nitriles is 1. The normalized spacial score (nSPS) is 17.7. The van der Waals surface area contributed by atoms with Crippen LogP contribution in [0.15, 0.2) is 27.2 Å². The van der Waals surface area contributed by atoms with Gasteiger partial charge in [0.15, 0.2) is 5.76 Å². The van der Waals surface area contributed by atoms with E-state index in [4.69, 9.17) is 8.83 Å². The van der Waals surface area contributed by atoms with E-state index in [9.17, 15) is 14.9 Å². The second-order valence-corrected chi connectivity index (χ2v) is 8.47. The van der Waals surface area contributed by atoms with Gasteiger partial charge in [-0.1, -0.05) is 19.3 Å². The number of furan rings is 1. The lowest BCUT2D eigenvalue weighted by Gasteiger charge is -2.31. The number of piperidine rings is 1. The molecule has 9 nitrogen and oxygen atoms in total. The molecular formula is C23H29N5O4. The average molecular weight is 440 g/mol. The van der Waals surface area contributed by atoms with Crippen LogP contribution in [-0.2, 0) is 9.59 Å². The summed E-state index contributed by atoms with van der Waals surface area (Å²) >= 11 is 0. The molecule has 0 atom stereocenters. The van der Waals surface area contributed by atoms with Gasteiger partial charge in [-0.05, 0) is 37.8 Å². The van der Waals surface area contributed by atoms with Gasteiger partial charge in [0.25, 0.3) is 5.89 Å². The van der Waals surface area contributed by atoms with Gasteiger partial charge in [0.1, 0.15) is 6.07 Å². The lowest BCUT2D eigenvalue weighted by Crippen LogP contribution is -2.42. The molecule has 0 bridgehead atoms. The lowest BCUT2D eigenvalue weighted by atomic mass is 9.95. The maximum Gasteiger partial charge on any atom is 0.266 e. The summed E-state index contributed by atoms with van der Waals surface area (Å²) in [7, 11) is 0. The minimum atomic E-state index is -0.120. The van der Waals surface area contributed by atoms with E-state index in [1.807, 2.05) is 4.90 Å². The van der Waals surface area contributed by atoms with E-state index in [0.717, 1.165) is 12.8 Å². The van der Waals surface area contributed by atoms with Crippen LogP contribution in [0.5, 0.6) is 0 Å². The van der Waals surface area contributed by atoms with Gasteiger partial charge < -0.3 is 24.4 Å². The number of hydrogen-bond acceptors (Lipinski definition) is 7. The molecule has 0 radical (unpaired) electrons. The number of nitrogens with zero attached hydrogens (tertiary/aromatic N) is 3. The molecule has 2 aromatic heterocycles. The van der Waals surface area contributed by atoms with Crippen molar-refractivity contribution in [3.63, 3.8) is 0 Å². The summed E-state index contributed by atoms with van der Waals surface area (Å²) in [6.07, 6.45) is 8.82. The Labute approximate surface area is 187 Å². The molecule has 1 saturated carbocycles. The number of hydrogen-bond donors (Lipinski definition) is 2. The number of carbonyl (C=O) groups excluding carboxylic acids is 2. The average Bonchev–Trinajstić information content (AvgIpc) is 3.50. The fourth-order valence-electron chi connectivity index (χ4n) is 4.44. The Morgan fingerprint density at radius 2 is 1.97 bits per heavy atom. The maximum absolute atomic E-state index is 12.5. The molecule has 3 heterocycles. The Morgan fingerprint density at radius 1 is 1.19 bits per heavy atom. The van der Waals surface area contributed by atoms with Crippen molar-refractivity contribution in [3.05, 3.63) is 24.1 Å². The number of aromatic nitrogens is 1. The highest BCUT2D eigenvalue weighted by Crippen LogP contribution is 2.31. The topological polar surface area (TPSA) is 124 Å². The van der Waals surface area contributed by atoms with Crippen LogP contribution in [0.2, 0.25) is 0 Å². The molecule has 2 amide bonds. The second-order valence-electron chi connectivity index (χ2n) is 8.47. The molecule has 1 aliphatic carbocycles. The summed E-state index contributed by atoms with van der Waals surface area (Å²) in [4.78, 5) is 30.8. The molecule has 0 unspecified atom stereocenters. The first-order valence-electron chi connectivity index (χ1n) is 11.4. The Bertz CT molecular complexity index is 948. The molecule has 0 aromatic carbocycles. The van der Waals surface area contributed by atoms with E-state index >= 15 is 0 Å². The molecular weight excluding hydrogens is 410 g/mol. The highest BCUT2D eigenvalue weighted by atomic mass is 16.4. The van der Waals surface area contributed by atoms with Gasteiger partial charge in [-0.3, -0.25) is 9.59 Å². The van der Waals surface area contributed by atoms with Gasteiger partial charge in [-0.25, -0.2) is 0 Å². The Morgan fingerprint density at radius 3 is 2.66 bits per heavy atom. The summed E-state index contributed by atoms with van der Waals surface area (Å²) in [5, 5.41) is 15.4. The van der Waals surface area contributed by atoms with Crippen molar-refractivity contribution in [2.45, 2.75) is 57.4 Å². The van der Waals surface area contributed by atoms with Crippen LogP contribution in [0.25, 0.3) is 11.7 Å². The summed E-state index contributed by atoms with van der Waals surface area (Å²) in [6, 6.07) is 5.82. The maximum atomic E-state index is 12.5. The zero-order chi connectivity index (χ0) is 22.3. The van der Waals surface area contributed by atoms with Gasteiger partial charge in [-0.15, -0.1) is 0 Å². The number of rotatable bonds is 7. The number of nitrogens with one attached hydrogen (secondary N) is 2. The fraction of sp³-hybridized carbons (Fsp3) is 0.565. The molecule has 0 spiro atoms. The third-order valence-corrected chi connectivity index (χ3v) is 6.22. The van der Waals surface area contributed by atoms with Gasteiger partial charge in [0, 0.05) is 38.0 Å². The first kappa shape index (κ1) is 21.9. The molecule has 2 fully saturated rings. The minimum Gasteiger partial charge on any atom is -0.459 e. The third-order valence-electron chi connectivity index (χ3n) is 6.22. The first-order valence-corrected chi connectivity index (χ1v) is 11.4. The molecule has 1 aliphatic heterocycles. The predicted octanol–water partition coefficient (Wildman–Crippen LogP) is 2.98. The molecule has 1 saturated heterocycles. The van der Waals surface area contributed by atoms with Crippen molar-refractivity contribution >= 4 is 17.7 Å². The number of anilines is 1. The highest BCUT2D eigenvalue weighted by Gasteiger charge is 2.29. The van der Waals surface area contributed by atoms with Crippen LogP contribution in [0.3, 0.4) is 0 Å². The van der Waals surface area contributed by atoms with Crippen LogP contribution >= 0.6 is 0 Å². The highest BCUT2D eigenvalue weighted by molar-refractivity contribution is 5.80. The zero-order valence-electron chi connectivity index (χ0n) is 18.1. The van der Waals surface area contributed by atoms with Crippen molar-refractivity contribution in [1.82, 2.24) is 15.6 Å². The van der Waals surface area contributed by atoms with Gasteiger partial charge in [-0.2, -0.15) is 10.2 Å². The Kier molecular flexibility index (Phi) is 7.10. The molecule has 2 aromatic rings. The van der Waals surface area contributed by atoms with Gasteiger partial charge in [0.05, 0.1) is 6.26 Å². The Balaban J connectivity index is 1.22. The van der Waals surface area contributed by atoms with E-state index in [0.29, 0.717) is 56.6 Å². The lowest BCUT2D eigenvalue weighted by molar-refractivity contribution is -0.126. The quantitative estimate of drug-likeness (QED) is 0.679. The number of oxazole rings is 1. The minimum absolute atomic E-state index is 0.00809. The summed E-state index contributed by atoms with van der Waals surface area (Å²) in [5.41, 5.74) is 0.211. The zero-order valence-corrected chi connectivity index (χ0v) is 18.1. The van der Waals surface area contributed by atoms with Gasteiger partial charge in [0.2, 0.25) is 23.4 Å². The van der Waals surface area contributed by atoms with E-state index in [1.165, 1.54) is 25.5 Å². The molecule has 2 aliphatic rings. The van der Waals surface area contributed by atoms with E-state index in [2.05, 4.69) is 21.7 Å². The SMILES string of the molecule is N#Cc1nc(-c2ccco2)oc1N1CCC(C(=O)NCCC(=O)NC2CCCCC2)CC1. The summed E-state index contributed by atoms with van der Waals surface area (Å²) in [6.45, 7) is 1.52. The smallest absolute Gasteiger partial charge is 0.266 e.